The van der Waals surface area contributed by atoms with Crippen LogP contribution in [-0.4, -0.2) is 12.5 Å². The van der Waals surface area contributed by atoms with Crippen LogP contribution in [0.4, 0.5) is 11.4 Å². The highest BCUT2D eigenvalue weighted by atomic mass is 127. The third kappa shape index (κ3) is 2.80. The quantitative estimate of drug-likeness (QED) is 0.798. The Bertz CT molecular complexity index is 642. The first-order valence-corrected chi connectivity index (χ1v) is 7.69. The van der Waals surface area contributed by atoms with Gasteiger partial charge in [0, 0.05) is 28.1 Å². The van der Waals surface area contributed by atoms with Gasteiger partial charge in [0.05, 0.1) is 5.69 Å². The van der Waals surface area contributed by atoms with Gasteiger partial charge in [0.15, 0.2) is 0 Å². The van der Waals surface area contributed by atoms with Crippen molar-refractivity contribution >= 4 is 39.9 Å². The molecule has 0 aromatic heterocycles. The van der Waals surface area contributed by atoms with Crippen LogP contribution in [0.25, 0.3) is 0 Å². The molecule has 2 aromatic rings. The summed E-state index contributed by atoms with van der Waals surface area (Å²) >= 11 is 2.23. The molecular formula is C16H15IN2O. The third-order valence-electron chi connectivity index (χ3n) is 3.52. The molecule has 102 valence electrons. The molecule has 0 spiro atoms. The number of nitrogens with one attached hydrogen (secondary N) is 2. The molecule has 1 unspecified atom stereocenters. The number of anilines is 2. The predicted octanol–water partition coefficient (Wildman–Crippen LogP) is 3.83. The Labute approximate surface area is 131 Å². The topological polar surface area (TPSA) is 41.1 Å². The Kier molecular flexibility index (Phi) is 3.91. The molecule has 0 radical (unpaired) electrons. The summed E-state index contributed by atoms with van der Waals surface area (Å²) in [6, 6.07) is 16.0. The van der Waals surface area contributed by atoms with Gasteiger partial charge in [-0.25, -0.2) is 0 Å². The molecule has 1 atom stereocenters. The van der Waals surface area contributed by atoms with Crippen molar-refractivity contribution in [3.05, 3.63) is 57.7 Å². The molecule has 0 saturated heterocycles. The zero-order chi connectivity index (χ0) is 13.9. The normalized spacial score (nSPS) is 16.4. The summed E-state index contributed by atoms with van der Waals surface area (Å²) in [5.74, 6) is 0.324. The lowest BCUT2D eigenvalue weighted by Crippen LogP contribution is -2.17. The van der Waals surface area contributed by atoms with E-state index in [1.54, 1.807) is 0 Å². The van der Waals surface area contributed by atoms with Gasteiger partial charge in [0.25, 0.3) is 0 Å². The molecule has 0 saturated carbocycles. The molecule has 0 aliphatic carbocycles. The average Bonchev–Trinajstić information content (AvgIpc) is 2.85. The van der Waals surface area contributed by atoms with Gasteiger partial charge in [-0.2, -0.15) is 0 Å². The van der Waals surface area contributed by atoms with Crippen molar-refractivity contribution in [1.29, 1.82) is 0 Å². The van der Waals surface area contributed by atoms with Crippen LogP contribution in [0.3, 0.4) is 0 Å². The van der Waals surface area contributed by atoms with Gasteiger partial charge in [-0.3, -0.25) is 4.79 Å². The van der Waals surface area contributed by atoms with Crippen LogP contribution in [0.1, 0.15) is 17.9 Å². The average molecular weight is 378 g/mol. The van der Waals surface area contributed by atoms with Crippen LogP contribution in [0.15, 0.2) is 48.5 Å². The van der Waals surface area contributed by atoms with E-state index in [2.05, 4.69) is 45.4 Å². The number of fused-ring (bicyclic) bond motifs is 1. The predicted molar refractivity (Wildman–Crippen MR) is 90.1 cm³/mol. The molecule has 1 aliphatic heterocycles. The van der Waals surface area contributed by atoms with E-state index in [1.165, 1.54) is 5.56 Å². The lowest BCUT2D eigenvalue weighted by Gasteiger charge is -2.11. The van der Waals surface area contributed by atoms with Crippen LogP contribution in [0.5, 0.6) is 0 Å². The van der Waals surface area contributed by atoms with Crippen molar-refractivity contribution in [2.24, 2.45) is 0 Å². The molecule has 0 fully saturated rings. The molecule has 4 heteroatoms. The fourth-order valence-electron chi connectivity index (χ4n) is 2.53. The standard InChI is InChI=1S/C16H15IN2O/c17-13-6-2-4-8-15(13)19-16(20)9-11-10-18-14-7-3-1-5-12(11)14/h1-8,11,18H,9-10H2,(H,19,20). The highest BCUT2D eigenvalue weighted by Gasteiger charge is 2.24. The van der Waals surface area contributed by atoms with E-state index >= 15 is 0 Å². The Morgan fingerprint density at radius 2 is 1.95 bits per heavy atom. The van der Waals surface area contributed by atoms with E-state index in [0.29, 0.717) is 6.42 Å². The highest BCUT2D eigenvalue weighted by Crippen LogP contribution is 2.33. The fraction of sp³-hybridized carbons (Fsp3) is 0.188. The first kappa shape index (κ1) is 13.4. The SMILES string of the molecule is O=C(CC1CNc2ccccc21)Nc1ccccc1I. The second kappa shape index (κ2) is 5.83. The maximum absolute atomic E-state index is 12.2. The van der Waals surface area contributed by atoms with Crippen LogP contribution in [0, 0.1) is 3.57 Å². The summed E-state index contributed by atoms with van der Waals surface area (Å²) < 4.78 is 1.06. The maximum Gasteiger partial charge on any atom is 0.225 e. The first-order valence-electron chi connectivity index (χ1n) is 6.61. The number of halogens is 1. The summed E-state index contributed by atoms with van der Waals surface area (Å²) in [7, 11) is 0. The lowest BCUT2D eigenvalue weighted by molar-refractivity contribution is -0.116. The van der Waals surface area contributed by atoms with Crippen LogP contribution in [-0.2, 0) is 4.79 Å². The minimum atomic E-state index is 0.0672. The minimum Gasteiger partial charge on any atom is -0.384 e. The molecule has 3 rings (SSSR count). The van der Waals surface area contributed by atoms with Crippen LogP contribution in [0.2, 0.25) is 0 Å². The molecule has 1 amide bonds. The molecule has 1 aliphatic rings. The Hall–Kier alpha value is -1.56. The lowest BCUT2D eigenvalue weighted by atomic mass is 9.97. The summed E-state index contributed by atoms with van der Waals surface area (Å²) in [6.07, 6.45) is 0.509. The van der Waals surface area contributed by atoms with E-state index in [1.807, 2.05) is 36.4 Å². The van der Waals surface area contributed by atoms with Crippen molar-refractivity contribution in [2.45, 2.75) is 12.3 Å². The summed E-state index contributed by atoms with van der Waals surface area (Å²) in [5.41, 5.74) is 3.28. The number of carbonyl (C=O) groups excluding carboxylic acids is 1. The molecule has 20 heavy (non-hydrogen) atoms. The Morgan fingerprint density at radius 3 is 2.80 bits per heavy atom. The summed E-state index contributed by atoms with van der Waals surface area (Å²) in [4.78, 5) is 12.2. The van der Waals surface area contributed by atoms with Crippen LogP contribution >= 0.6 is 22.6 Å². The van der Waals surface area contributed by atoms with Crippen molar-refractivity contribution in [3.8, 4) is 0 Å². The number of benzene rings is 2. The van der Waals surface area contributed by atoms with Gasteiger partial charge in [0.1, 0.15) is 0 Å². The van der Waals surface area contributed by atoms with Crippen molar-refractivity contribution < 1.29 is 4.79 Å². The van der Waals surface area contributed by atoms with Crippen molar-refractivity contribution in [3.63, 3.8) is 0 Å². The van der Waals surface area contributed by atoms with E-state index in [0.717, 1.165) is 21.5 Å². The number of carbonyl (C=O) groups is 1. The fourth-order valence-corrected chi connectivity index (χ4v) is 3.05. The van der Waals surface area contributed by atoms with Crippen molar-refractivity contribution in [2.75, 3.05) is 17.2 Å². The number of amides is 1. The third-order valence-corrected chi connectivity index (χ3v) is 4.46. The molecule has 3 nitrogen and oxygen atoms in total. The molecule has 2 N–H and O–H groups in total. The second-order valence-corrected chi connectivity index (χ2v) is 6.06. The van der Waals surface area contributed by atoms with Gasteiger partial charge in [-0.15, -0.1) is 0 Å². The van der Waals surface area contributed by atoms with Gasteiger partial charge in [-0.1, -0.05) is 30.3 Å². The monoisotopic (exact) mass is 378 g/mol. The summed E-state index contributed by atoms with van der Waals surface area (Å²) in [5, 5.41) is 6.34. The maximum atomic E-state index is 12.2. The summed E-state index contributed by atoms with van der Waals surface area (Å²) in [6.45, 7) is 0.832. The zero-order valence-electron chi connectivity index (χ0n) is 10.9. The Balaban J connectivity index is 1.68. The molecular weight excluding hydrogens is 363 g/mol. The van der Waals surface area contributed by atoms with E-state index in [4.69, 9.17) is 0 Å². The number of rotatable bonds is 3. The molecule has 2 aromatic carbocycles. The number of hydrogen-bond acceptors (Lipinski definition) is 2. The largest absolute Gasteiger partial charge is 0.384 e. The zero-order valence-corrected chi connectivity index (χ0v) is 13.1. The van der Waals surface area contributed by atoms with E-state index < -0.39 is 0 Å². The number of hydrogen-bond donors (Lipinski definition) is 2. The molecule has 0 bridgehead atoms. The second-order valence-electron chi connectivity index (χ2n) is 4.90. The van der Waals surface area contributed by atoms with Gasteiger partial charge in [0.2, 0.25) is 5.91 Å². The van der Waals surface area contributed by atoms with Gasteiger partial charge < -0.3 is 10.6 Å². The van der Waals surface area contributed by atoms with E-state index in [9.17, 15) is 4.79 Å². The van der Waals surface area contributed by atoms with Crippen molar-refractivity contribution in [1.82, 2.24) is 0 Å². The van der Waals surface area contributed by atoms with Crippen LogP contribution < -0.4 is 10.6 Å². The highest BCUT2D eigenvalue weighted by molar-refractivity contribution is 14.1. The van der Waals surface area contributed by atoms with E-state index in [-0.39, 0.29) is 11.8 Å². The molecule has 1 heterocycles. The van der Waals surface area contributed by atoms with Gasteiger partial charge in [-0.05, 0) is 46.4 Å². The first-order chi connectivity index (χ1) is 9.74. The smallest absolute Gasteiger partial charge is 0.225 e. The number of para-hydroxylation sites is 2. The Morgan fingerprint density at radius 1 is 1.20 bits per heavy atom. The van der Waals surface area contributed by atoms with Gasteiger partial charge >= 0.3 is 0 Å². The minimum absolute atomic E-state index is 0.0672.